The van der Waals surface area contributed by atoms with E-state index in [1.165, 1.54) is 24.1 Å². The van der Waals surface area contributed by atoms with Crippen molar-refractivity contribution >= 4 is 29.0 Å². The molecule has 196 valence electrons. The van der Waals surface area contributed by atoms with Crippen LogP contribution in [-0.4, -0.2) is 52.3 Å². The zero-order chi connectivity index (χ0) is 26.5. The minimum Gasteiger partial charge on any atom is -0.469 e. The van der Waals surface area contributed by atoms with Crippen molar-refractivity contribution < 1.29 is 9.53 Å². The molecule has 1 saturated heterocycles. The Kier molecular flexibility index (Phi) is 8.48. The lowest BCUT2D eigenvalue weighted by atomic mass is 9.96. The first kappa shape index (κ1) is 26.7. The maximum absolute atomic E-state index is 11.8. The number of carbonyl (C=O) groups excluding carboxylic acids is 1. The van der Waals surface area contributed by atoms with E-state index in [4.69, 9.17) is 17.0 Å². The fourth-order valence-electron chi connectivity index (χ4n) is 5.37. The highest BCUT2D eigenvalue weighted by Crippen LogP contribution is 2.41. The second-order valence-electron chi connectivity index (χ2n) is 9.35. The molecule has 0 aliphatic carbocycles. The van der Waals surface area contributed by atoms with Gasteiger partial charge in [-0.25, -0.2) is 0 Å². The third kappa shape index (κ3) is 5.49. The van der Waals surface area contributed by atoms with Gasteiger partial charge in [0.15, 0.2) is 5.11 Å². The molecule has 0 radical (unpaired) electrons. The smallest absolute Gasteiger partial charge is 0.305 e. The Morgan fingerprint density at radius 3 is 2.49 bits per heavy atom. The number of pyridine rings is 1. The van der Waals surface area contributed by atoms with Gasteiger partial charge in [0.2, 0.25) is 0 Å². The molecule has 8 heteroatoms. The molecule has 0 saturated carbocycles. The van der Waals surface area contributed by atoms with Gasteiger partial charge >= 0.3 is 5.97 Å². The van der Waals surface area contributed by atoms with Gasteiger partial charge in [-0.2, -0.15) is 0 Å². The van der Waals surface area contributed by atoms with Crippen molar-refractivity contribution in [1.82, 2.24) is 19.8 Å². The summed E-state index contributed by atoms with van der Waals surface area (Å²) >= 11 is 5.80. The molecule has 0 bridgehead atoms. The van der Waals surface area contributed by atoms with Gasteiger partial charge in [0.05, 0.1) is 24.9 Å². The number of thiocarbonyl (C=S) groups is 1. The van der Waals surface area contributed by atoms with Gasteiger partial charge in [-0.1, -0.05) is 6.07 Å². The number of nitrogens with zero attached hydrogens (tertiary/aromatic N) is 4. The third-order valence-corrected chi connectivity index (χ3v) is 7.58. The van der Waals surface area contributed by atoms with E-state index >= 15 is 0 Å². The predicted octanol–water partition coefficient (Wildman–Crippen LogP) is 5.26. The first-order valence-corrected chi connectivity index (χ1v) is 13.4. The first-order valence-electron chi connectivity index (χ1n) is 13.0. The summed E-state index contributed by atoms with van der Waals surface area (Å²) in [5, 5.41) is 4.19. The molecule has 37 heavy (non-hydrogen) atoms. The number of hydrogen-bond donors (Lipinski definition) is 1. The van der Waals surface area contributed by atoms with Crippen LogP contribution in [0.4, 0.5) is 5.69 Å². The van der Waals surface area contributed by atoms with E-state index in [2.05, 4.69) is 82.7 Å². The van der Waals surface area contributed by atoms with Gasteiger partial charge in [0.25, 0.3) is 0 Å². The molecule has 2 aromatic heterocycles. The Morgan fingerprint density at radius 2 is 1.86 bits per heavy atom. The van der Waals surface area contributed by atoms with E-state index in [-0.39, 0.29) is 18.1 Å². The Labute approximate surface area is 225 Å². The molecule has 1 aromatic carbocycles. The Balaban J connectivity index is 1.71. The zero-order valence-corrected chi connectivity index (χ0v) is 23.2. The Bertz CT molecular complexity index is 1220. The summed E-state index contributed by atoms with van der Waals surface area (Å²) in [7, 11) is 1.42. The number of aryl methyl sites for hydroxylation is 1. The lowest BCUT2D eigenvalue weighted by Gasteiger charge is -2.28. The summed E-state index contributed by atoms with van der Waals surface area (Å²) in [6, 6.07) is 16.9. The number of rotatable bonds is 10. The minimum absolute atomic E-state index is 0.0463. The van der Waals surface area contributed by atoms with E-state index in [9.17, 15) is 4.79 Å². The summed E-state index contributed by atoms with van der Waals surface area (Å²) in [5.41, 5.74) is 6.84. The topological polar surface area (TPSA) is 62.6 Å². The van der Waals surface area contributed by atoms with Crippen molar-refractivity contribution in [3.63, 3.8) is 0 Å². The molecule has 1 N–H and O–H groups in total. The molecule has 0 unspecified atom stereocenters. The standard InChI is InChI=1S/C29H37N5O2S/c1-6-32(7-2)22-13-15-23(16-14-22)34-20(3)19-24(21(34)4)28-27(25-11-8-9-17-30-25)31-29(37)33(28)18-10-12-26(35)36-5/h8-9,11,13-17,19,27-28H,6-7,10,12,18H2,1-5H3,(H,31,37)/t27-,28+/m1/s1. The fourth-order valence-corrected chi connectivity index (χ4v) is 5.70. The van der Waals surface area contributed by atoms with Crippen LogP contribution in [0.2, 0.25) is 0 Å². The largest absolute Gasteiger partial charge is 0.469 e. The van der Waals surface area contributed by atoms with Crippen molar-refractivity contribution in [3.8, 4) is 5.69 Å². The summed E-state index contributed by atoms with van der Waals surface area (Å²) in [5.74, 6) is -0.206. The number of methoxy groups -OCH3 is 1. The molecule has 7 nitrogen and oxygen atoms in total. The number of hydrogen-bond acceptors (Lipinski definition) is 5. The Hall–Kier alpha value is -3.39. The molecule has 1 aliphatic rings. The van der Waals surface area contributed by atoms with Crippen LogP contribution in [0.25, 0.3) is 5.69 Å². The molecule has 0 spiro atoms. The molecular weight excluding hydrogens is 482 g/mol. The molecular formula is C29H37N5O2S. The highest BCUT2D eigenvalue weighted by molar-refractivity contribution is 7.80. The van der Waals surface area contributed by atoms with Crippen LogP contribution in [-0.2, 0) is 9.53 Å². The predicted molar refractivity (Wildman–Crippen MR) is 152 cm³/mol. The maximum atomic E-state index is 11.8. The zero-order valence-electron chi connectivity index (χ0n) is 22.4. The number of benzene rings is 1. The summed E-state index contributed by atoms with van der Waals surface area (Å²) in [6.07, 6.45) is 2.83. The fraction of sp³-hybridized carbons (Fsp3) is 0.414. The number of carbonyl (C=O) groups is 1. The van der Waals surface area contributed by atoms with E-state index in [0.717, 1.165) is 30.2 Å². The van der Waals surface area contributed by atoms with E-state index < -0.39 is 0 Å². The minimum atomic E-state index is -0.206. The summed E-state index contributed by atoms with van der Waals surface area (Å²) in [4.78, 5) is 21.0. The number of nitrogens with one attached hydrogen (secondary N) is 1. The second-order valence-corrected chi connectivity index (χ2v) is 9.74. The van der Waals surface area contributed by atoms with Crippen LogP contribution in [0, 0.1) is 13.8 Å². The van der Waals surface area contributed by atoms with Crippen molar-refractivity contribution in [2.24, 2.45) is 0 Å². The number of aromatic nitrogens is 2. The quantitative estimate of drug-likeness (QED) is 0.290. The maximum Gasteiger partial charge on any atom is 0.305 e. The highest BCUT2D eigenvalue weighted by atomic mass is 32.1. The van der Waals surface area contributed by atoms with Crippen LogP contribution in [0.1, 0.15) is 61.4 Å². The van der Waals surface area contributed by atoms with Crippen LogP contribution < -0.4 is 10.2 Å². The van der Waals surface area contributed by atoms with Gasteiger partial charge in [0.1, 0.15) is 0 Å². The molecule has 4 rings (SSSR count). The van der Waals surface area contributed by atoms with Gasteiger partial charge < -0.3 is 24.4 Å². The van der Waals surface area contributed by atoms with Crippen LogP contribution in [0.3, 0.4) is 0 Å². The van der Waals surface area contributed by atoms with Gasteiger partial charge in [-0.05, 0) is 94.4 Å². The van der Waals surface area contributed by atoms with Crippen LogP contribution in [0.15, 0.2) is 54.7 Å². The number of anilines is 1. The second kappa shape index (κ2) is 11.8. The lowest BCUT2D eigenvalue weighted by molar-refractivity contribution is -0.140. The molecule has 1 fully saturated rings. The Morgan fingerprint density at radius 1 is 1.14 bits per heavy atom. The lowest BCUT2D eigenvalue weighted by Crippen LogP contribution is -2.31. The van der Waals surface area contributed by atoms with Gasteiger partial charge in [-0.3, -0.25) is 9.78 Å². The molecule has 2 atom stereocenters. The van der Waals surface area contributed by atoms with E-state index in [1.807, 2.05) is 24.4 Å². The van der Waals surface area contributed by atoms with Gasteiger partial charge in [-0.15, -0.1) is 0 Å². The van der Waals surface area contributed by atoms with E-state index in [1.54, 1.807) is 0 Å². The number of ether oxygens (including phenoxy) is 1. The summed E-state index contributed by atoms with van der Waals surface area (Å²) in [6.45, 7) is 11.3. The average Bonchev–Trinajstić information content (AvgIpc) is 3.40. The van der Waals surface area contributed by atoms with E-state index in [0.29, 0.717) is 24.5 Å². The summed E-state index contributed by atoms with van der Waals surface area (Å²) < 4.78 is 7.16. The first-order chi connectivity index (χ1) is 17.9. The van der Waals surface area contributed by atoms with Crippen molar-refractivity contribution in [2.75, 3.05) is 31.6 Å². The van der Waals surface area contributed by atoms with Crippen LogP contribution in [0.5, 0.6) is 0 Å². The SMILES string of the molecule is CCN(CC)c1ccc(-n2c(C)cc([C@H]3[C@@H](c4ccccn4)NC(=S)N3CCCC(=O)OC)c2C)cc1. The molecule has 3 aromatic rings. The monoisotopic (exact) mass is 519 g/mol. The van der Waals surface area contributed by atoms with Crippen molar-refractivity contribution in [2.45, 2.75) is 52.6 Å². The third-order valence-electron chi connectivity index (χ3n) is 7.23. The molecule has 3 heterocycles. The molecule has 0 amide bonds. The highest BCUT2D eigenvalue weighted by Gasteiger charge is 2.41. The van der Waals surface area contributed by atoms with Crippen LogP contribution >= 0.6 is 12.2 Å². The molecule has 1 aliphatic heterocycles. The average molecular weight is 520 g/mol. The van der Waals surface area contributed by atoms with Gasteiger partial charge in [0, 0.05) is 55.0 Å². The van der Waals surface area contributed by atoms with Crippen molar-refractivity contribution in [1.29, 1.82) is 0 Å². The van der Waals surface area contributed by atoms with Crippen molar-refractivity contribution in [3.05, 3.63) is 77.4 Å². The normalized spacial score (nSPS) is 17.1. The number of esters is 1.